The maximum Gasteiger partial charge on any atom is 0.224 e. The topological polar surface area (TPSA) is 29.1 Å². The van der Waals surface area contributed by atoms with Crippen LogP contribution in [0.25, 0.3) is 0 Å². The predicted octanol–water partition coefficient (Wildman–Crippen LogP) is 4.90. The first-order valence-corrected chi connectivity index (χ1v) is 9.83. The predicted molar refractivity (Wildman–Crippen MR) is 91.4 cm³/mol. The van der Waals surface area contributed by atoms with Crippen LogP contribution in [-0.2, 0) is 11.2 Å². The van der Waals surface area contributed by atoms with Crippen molar-refractivity contribution in [2.45, 2.75) is 50.7 Å². The molecule has 1 N–H and O–H groups in total. The summed E-state index contributed by atoms with van der Waals surface area (Å²) in [6, 6.07) is 8.12. The highest BCUT2D eigenvalue weighted by Gasteiger charge is 2.15. The maximum atomic E-state index is 11.9. The van der Waals surface area contributed by atoms with Gasteiger partial charge in [0.2, 0.25) is 5.91 Å². The first kappa shape index (κ1) is 15.8. The molecule has 110 valence electrons. The molecule has 0 aromatic heterocycles. The van der Waals surface area contributed by atoms with E-state index in [4.69, 9.17) is 0 Å². The van der Waals surface area contributed by atoms with Crippen molar-refractivity contribution >= 4 is 33.2 Å². The quantitative estimate of drug-likeness (QED) is 0.573. The second kappa shape index (κ2) is 8.63. The van der Waals surface area contributed by atoms with Gasteiger partial charge in [-0.2, -0.15) is 0 Å². The van der Waals surface area contributed by atoms with Crippen LogP contribution in [0.5, 0.6) is 0 Å². The van der Waals surface area contributed by atoms with Crippen molar-refractivity contribution in [1.29, 1.82) is 0 Å². The van der Waals surface area contributed by atoms with Crippen molar-refractivity contribution in [3.05, 3.63) is 29.8 Å². The number of nitrogens with one attached hydrogen (secondary N) is 1. The molecular formula is C16H23NOS2. The Hall–Kier alpha value is -0.610. The third kappa shape index (κ3) is 5.41. The Morgan fingerprint density at radius 1 is 1.40 bits per heavy atom. The number of amides is 1. The Morgan fingerprint density at radius 2 is 2.30 bits per heavy atom. The molecule has 0 spiro atoms. The average Bonchev–Trinajstić information content (AvgIpc) is 2.97. The number of aryl methyl sites for hydroxylation is 1. The lowest BCUT2D eigenvalue weighted by Gasteiger charge is -2.08. The number of rotatable bonds is 7. The average molecular weight is 309 g/mol. The highest BCUT2D eigenvalue weighted by atomic mass is 33.1. The van der Waals surface area contributed by atoms with Gasteiger partial charge in [0.05, 0.1) is 0 Å². The van der Waals surface area contributed by atoms with Crippen molar-refractivity contribution in [1.82, 2.24) is 0 Å². The van der Waals surface area contributed by atoms with Crippen LogP contribution in [0.15, 0.2) is 24.3 Å². The Bertz CT molecular complexity index is 430. The molecule has 1 heterocycles. The minimum atomic E-state index is 0.145. The van der Waals surface area contributed by atoms with Crippen LogP contribution in [0, 0.1) is 0 Å². The molecule has 1 aromatic rings. The second-order valence-corrected chi connectivity index (χ2v) is 7.96. The number of carbonyl (C=O) groups excluding carboxylic acids is 1. The maximum absolute atomic E-state index is 11.9. The summed E-state index contributed by atoms with van der Waals surface area (Å²) >= 11 is 0. The molecule has 0 radical (unpaired) electrons. The van der Waals surface area contributed by atoms with E-state index in [0.29, 0.717) is 6.42 Å². The van der Waals surface area contributed by atoms with Gasteiger partial charge < -0.3 is 5.32 Å². The van der Waals surface area contributed by atoms with E-state index in [9.17, 15) is 4.79 Å². The van der Waals surface area contributed by atoms with Crippen molar-refractivity contribution in [2.24, 2.45) is 0 Å². The summed E-state index contributed by atoms with van der Waals surface area (Å²) in [5.74, 6) is 1.44. The molecule has 2 nitrogen and oxygen atoms in total. The lowest BCUT2D eigenvalue weighted by atomic mass is 10.1. The molecule has 1 saturated heterocycles. The molecule has 1 aromatic carbocycles. The number of anilines is 1. The van der Waals surface area contributed by atoms with Gasteiger partial charge in [-0.05, 0) is 43.4 Å². The highest BCUT2D eigenvalue weighted by molar-refractivity contribution is 8.77. The summed E-state index contributed by atoms with van der Waals surface area (Å²) in [7, 11) is 4.01. The molecule has 0 bridgehead atoms. The van der Waals surface area contributed by atoms with Crippen LogP contribution in [0.3, 0.4) is 0 Å². The molecule has 1 fully saturated rings. The van der Waals surface area contributed by atoms with Crippen LogP contribution >= 0.6 is 21.6 Å². The van der Waals surface area contributed by atoms with Crippen molar-refractivity contribution in [3.8, 4) is 0 Å². The Balaban J connectivity index is 1.64. The fourth-order valence-electron chi connectivity index (χ4n) is 2.31. The SMILES string of the molecule is CCc1cccc(NC(=O)CCCCC2CCSS2)c1. The van der Waals surface area contributed by atoms with Crippen LogP contribution in [0.2, 0.25) is 0 Å². The van der Waals surface area contributed by atoms with E-state index in [1.807, 2.05) is 33.7 Å². The van der Waals surface area contributed by atoms with E-state index in [0.717, 1.165) is 23.8 Å². The first-order valence-electron chi connectivity index (χ1n) is 7.45. The van der Waals surface area contributed by atoms with Gasteiger partial charge in [-0.15, -0.1) is 0 Å². The van der Waals surface area contributed by atoms with E-state index >= 15 is 0 Å². The van der Waals surface area contributed by atoms with E-state index in [1.54, 1.807) is 0 Å². The molecule has 0 aliphatic carbocycles. The van der Waals surface area contributed by atoms with Crippen LogP contribution in [-0.4, -0.2) is 16.9 Å². The molecule has 4 heteroatoms. The largest absolute Gasteiger partial charge is 0.326 e. The Morgan fingerprint density at radius 3 is 3.05 bits per heavy atom. The van der Waals surface area contributed by atoms with E-state index < -0.39 is 0 Å². The zero-order valence-electron chi connectivity index (χ0n) is 12.1. The number of unbranched alkanes of at least 4 members (excludes halogenated alkanes) is 1. The zero-order chi connectivity index (χ0) is 14.2. The Labute approximate surface area is 129 Å². The number of hydrogen-bond acceptors (Lipinski definition) is 3. The fourth-order valence-corrected chi connectivity index (χ4v) is 5.34. The monoisotopic (exact) mass is 309 g/mol. The standard InChI is InChI=1S/C16H23NOS2/c1-2-13-6-5-7-14(12-13)17-16(18)9-4-3-8-15-10-11-19-20-15/h5-7,12,15H,2-4,8-11H2,1H3,(H,17,18). The molecule has 1 atom stereocenters. The van der Waals surface area contributed by atoms with Crippen molar-refractivity contribution in [3.63, 3.8) is 0 Å². The normalized spacial score (nSPS) is 18.1. The molecule has 1 aliphatic rings. The lowest BCUT2D eigenvalue weighted by molar-refractivity contribution is -0.116. The van der Waals surface area contributed by atoms with Crippen LogP contribution in [0.4, 0.5) is 5.69 Å². The molecule has 20 heavy (non-hydrogen) atoms. The molecule has 1 unspecified atom stereocenters. The van der Waals surface area contributed by atoms with Gasteiger partial charge >= 0.3 is 0 Å². The summed E-state index contributed by atoms with van der Waals surface area (Å²) in [5, 5.41) is 3.82. The second-order valence-electron chi connectivity index (χ2n) is 5.18. The summed E-state index contributed by atoms with van der Waals surface area (Å²) in [6.45, 7) is 2.13. The fraction of sp³-hybridized carbons (Fsp3) is 0.562. The smallest absolute Gasteiger partial charge is 0.224 e. The van der Waals surface area contributed by atoms with E-state index in [1.165, 1.54) is 30.6 Å². The summed E-state index contributed by atoms with van der Waals surface area (Å²) in [6.07, 6.45) is 6.41. The minimum absolute atomic E-state index is 0.145. The third-order valence-corrected chi connectivity index (χ3v) is 6.53. The van der Waals surface area contributed by atoms with Gasteiger partial charge in [-0.25, -0.2) is 0 Å². The van der Waals surface area contributed by atoms with Gasteiger partial charge in [0, 0.05) is 23.1 Å². The number of benzene rings is 1. The van der Waals surface area contributed by atoms with Gasteiger partial charge in [-0.3, -0.25) is 4.79 Å². The minimum Gasteiger partial charge on any atom is -0.326 e. The third-order valence-electron chi connectivity index (χ3n) is 3.53. The molecule has 0 saturated carbocycles. The first-order chi connectivity index (χ1) is 9.78. The summed E-state index contributed by atoms with van der Waals surface area (Å²) < 4.78 is 0. The molecule has 1 amide bonds. The van der Waals surface area contributed by atoms with Crippen molar-refractivity contribution < 1.29 is 4.79 Å². The summed E-state index contributed by atoms with van der Waals surface area (Å²) in [4.78, 5) is 11.9. The summed E-state index contributed by atoms with van der Waals surface area (Å²) in [5.41, 5.74) is 2.19. The van der Waals surface area contributed by atoms with Gasteiger partial charge in [-0.1, -0.05) is 47.1 Å². The van der Waals surface area contributed by atoms with E-state index in [-0.39, 0.29) is 5.91 Å². The van der Waals surface area contributed by atoms with Gasteiger partial charge in [0.15, 0.2) is 0 Å². The zero-order valence-corrected chi connectivity index (χ0v) is 13.7. The van der Waals surface area contributed by atoms with Crippen molar-refractivity contribution in [2.75, 3.05) is 11.1 Å². The van der Waals surface area contributed by atoms with Gasteiger partial charge in [0.25, 0.3) is 0 Å². The van der Waals surface area contributed by atoms with Crippen LogP contribution in [0.1, 0.15) is 44.6 Å². The molecular weight excluding hydrogens is 286 g/mol. The number of carbonyl (C=O) groups is 1. The Kier molecular flexibility index (Phi) is 6.80. The van der Waals surface area contributed by atoms with E-state index in [2.05, 4.69) is 24.4 Å². The molecule has 1 aliphatic heterocycles. The number of hydrogen-bond donors (Lipinski definition) is 1. The van der Waals surface area contributed by atoms with Crippen LogP contribution < -0.4 is 5.32 Å². The highest BCUT2D eigenvalue weighted by Crippen LogP contribution is 2.39. The lowest BCUT2D eigenvalue weighted by Crippen LogP contribution is -2.11. The molecule has 2 rings (SSSR count). The van der Waals surface area contributed by atoms with Gasteiger partial charge in [0.1, 0.15) is 0 Å².